The molecule has 3 N–H and O–H groups in total. The smallest absolute Gasteiger partial charge is 0.277 e. The van der Waals surface area contributed by atoms with Gasteiger partial charge in [0.2, 0.25) is 5.91 Å². The van der Waals surface area contributed by atoms with Gasteiger partial charge in [-0.3, -0.25) is 14.2 Å². The number of carbonyl (C=O) groups excluding carboxylic acids is 1. The Balaban J connectivity index is 2.11. The summed E-state index contributed by atoms with van der Waals surface area (Å²) in [5, 5.41) is 2.40. The minimum absolute atomic E-state index is 0.361. The molecule has 6 nitrogen and oxygen atoms in total. The highest BCUT2D eigenvalue weighted by Crippen LogP contribution is 2.08. The average Bonchev–Trinajstić information content (AvgIpc) is 2.48. The van der Waals surface area contributed by atoms with E-state index in [0.717, 1.165) is 4.57 Å². The summed E-state index contributed by atoms with van der Waals surface area (Å²) in [6, 6.07) is 6.67. The summed E-state index contributed by atoms with van der Waals surface area (Å²) in [6.45, 7) is -2.10. The van der Waals surface area contributed by atoms with Crippen LogP contribution in [-0.2, 0) is 11.3 Å². The number of alkyl halides is 2. The Morgan fingerprint density at radius 3 is 2.81 bits per heavy atom. The molecule has 0 saturated carbocycles. The van der Waals surface area contributed by atoms with E-state index in [9.17, 15) is 18.4 Å². The third kappa shape index (κ3) is 3.60. The molecule has 0 radical (unpaired) electrons. The maximum atomic E-state index is 12.9. The topological polar surface area (TPSA) is 90.0 Å². The summed E-state index contributed by atoms with van der Waals surface area (Å²) in [5.74, 6) is -3.87. The van der Waals surface area contributed by atoms with Gasteiger partial charge in [0.25, 0.3) is 11.5 Å². The van der Waals surface area contributed by atoms with Gasteiger partial charge in [-0.05, 0) is 12.1 Å². The van der Waals surface area contributed by atoms with Crippen LogP contribution in [0.4, 0.5) is 8.78 Å². The van der Waals surface area contributed by atoms with Crippen molar-refractivity contribution >= 4 is 16.8 Å². The molecule has 1 aromatic carbocycles. The van der Waals surface area contributed by atoms with Crippen LogP contribution in [0.5, 0.6) is 0 Å². The van der Waals surface area contributed by atoms with Crippen LogP contribution in [0.2, 0.25) is 0 Å². The summed E-state index contributed by atoms with van der Waals surface area (Å²) < 4.78 is 26.9. The first-order valence-electron chi connectivity index (χ1n) is 6.22. The van der Waals surface area contributed by atoms with E-state index in [1.165, 1.54) is 6.33 Å². The van der Waals surface area contributed by atoms with E-state index in [2.05, 4.69) is 4.98 Å². The van der Waals surface area contributed by atoms with Gasteiger partial charge in [-0.1, -0.05) is 12.1 Å². The molecule has 1 amide bonds. The highest BCUT2D eigenvalue weighted by Gasteiger charge is 2.27. The van der Waals surface area contributed by atoms with Crippen molar-refractivity contribution in [3.63, 3.8) is 0 Å². The third-order valence-electron chi connectivity index (χ3n) is 2.89. The number of amides is 1. The number of aromatic nitrogens is 2. The van der Waals surface area contributed by atoms with Crippen molar-refractivity contribution in [1.29, 1.82) is 0 Å². The summed E-state index contributed by atoms with van der Waals surface area (Å²) in [6.07, 6.45) is 1.21. The number of hydrogen-bond donors (Lipinski definition) is 2. The van der Waals surface area contributed by atoms with Crippen molar-refractivity contribution < 1.29 is 13.6 Å². The number of nitrogens with zero attached hydrogens (tertiary/aromatic N) is 2. The van der Waals surface area contributed by atoms with E-state index >= 15 is 0 Å². The standard InChI is InChI=1S/C13H14F2N4O2/c14-13(15,6-16)7-17-11(20)5-19-8-18-10-4-2-1-3-9(10)12(19)21/h1-4,8H,5-7,16H2,(H,17,20). The number of nitrogens with one attached hydrogen (secondary N) is 1. The van der Waals surface area contributed by atoms with Crippen LogP contribution >= 0.6 is 0 Å². The van der Waals surface area contributed by atoms with Crippen molar-refractivity contribution in [2.45, 2.75) is 12.5 Å². The highest BCUT2D eigenvalue weighted by atomic mass is 19.3. The maximum Gasteiger partial charge on any atom is 0.277 e. The van der Waals surface area contributed by atoms with E-state index in [1.54, 1.807) is 24.3 Å². The molecule has 112 valence electrons. The molecule has 0 aliphatic rings. The molecule has 0 aliphatic carbocycles. The second-order valence-corrected chi connectivity index (χ2v) is 4.53. The highest BCUT2D eigenvalue weighted by molar-refractivity contribution is 5.78. The number of benzene rings is 1. The molecular formula is C13H14F2N4O2. The van der Waals surface area contributed by atoms with Gasteiger partial charge in [0.05, 0.1) is 30.3 Å². The Morgan fingerprint density at radius 2 is 2.10 bits per heavy atom. The zero-order valence-electron chi connectivity index (χ0n) is 11.1. The van der Waals surface area contributed by atoms with Crippen LogP contribution < -0.4 is 16.6 Å². The number of halogens is 2. The molecular weight excluding hydrogens is 282 g/mol. The number of rotatable bonds is 5. The van der Waals surface area contributed by atoms with Crippen LogP contribution in [0.1, 0.15) is 0 Å². The Morgan fingerprint density at radius 1 is 1.38 bits per heavy atom. The van der Waals surface area contributed by atoms with Gasteiger partial charge in [0.15, 0.2) is 0 Å². The Kier molecular flexibility index (Phi) is 4.27. The van der Waals surface area contributed by atoms with E-state index in [1.807, 2.05) is 5.32 Å². The molecule has 2 rings (SSSR count). The van der Waals surface area contributed by atoms with Crippen molar-refractivity contribution in [3.8, 4) is 0 Å². The predicted octanol–water partition coefficient (Wildman–Crippen LogP) is 0.107. The molecule has 0 fully saturated rings. The first kappa shape index (κ1) is 15.0. The number of fused-ring (bicyclic) bond motifs is 1. The molecule has 21 heavy (non-hydrogen) atoms. The van der Waals surface area contributed by atoms with Crippen LogP contribution in [-0.4, -0.2) is 34.5 Å². The molecule has 2 aromatic rings. The largest absolute Gasteiger partial charge is 0.348 e. The maximum absolute atomic E-state index is 12.9. The minimum Gasteiger partial charge on any atom is -0.348 e. The molecule has 1 aromatic heterocycles. The lowest BCUT2D eigenvalue weighted by molar-refractivity contribution is -0.123. The van der Waals surface area contributed by atoms with Crippen molar-refractivity contribution in [3.05, 3.63) is 40.9 Å². The number of para-hydroxylation sites is 1. The van der Waals surface area contributed by atoms with Crippen LogP contribution in [0.15, 0.2) is 35.4 Å². The van der Waals surface area contributed by atoms with Crippen LogP contribution in [0, 0.1) is 0 Å². The van der Waals surface area contributed by atoms with Gasteiger partial charge < -0.3 is 11.1 Å². The SMILES string of the molecule is NCC(F)(F)CNC(=O)Cn1cnc2ccccc2c1=O. The van der Waals surface area contributed by atoms with Crippen LogP contribution in [0.3, 0.4) is 0 Å². The van der Waals surface area contributed by atoms with Gasteiger partial charge >= 0.3 is 0 Å². The average molecular weight is 296 g/mol. The van der Waals surface area contributed by atoms with E-state index in [4.69, 9.17) is 5.73 Å². The van der Waals surface area contributed by atoms with E-state index in [0.29, 0.717) is 10.9 Å². The molecule has 1 heterocycles. The van der Waals surface area contributed by atoms with Gasteiger partial charge in [-0.2, -0.15) is 0 Å². The van der Waals surface area contributed by atoms with Gasteiger partial charge in [-0.25, -0.2) is 13.8 Å². The van der Waals surface area contributed by atoms with Crippen molar-refractivity contribution in [2.75, 3.05) is 13.1 Å². The molecule has 0 aliphatic heterocycles. The fraction of sp³-hybridized carbons (Fsp3) is 0.308. The lowest BCUT2D eigenvalue weighted by atomic mass is 10.2. The summed E-state index contributed by atoms with van der Waals surface area (Å²) in [7, 11) is 0. The molecule has 0 saturated heterocycles. The third-order valence-corrected chi connectivity index (χ3v) is 2.89. The van der Waals surface area contributed by atoms with Crippen molar-refractivity contribution in [1.82, 2.24) is 14.9 Å². The van der Waals surface area contributed by atoms with Crippen LogP contribution in [0.25, 0.3) is 10.9 Å². The number of nitrogens with two attached hydrogens (primary N) is 1. The monoisotopic (exact) mass is 296 g/mol. The minimum atomic E-state index is -3.16. The number of hydrogen-bond acceptors (Lipinski definition) is 4. The molecule has 0 bridgehead atoms. The zero-order chi connectivity index (χ0) is 15.5. The lowest BCUT2D eigenvalue weighted by Gasteiger charge is -2.14. The summed E-state index contributed by atoms with van der Waals surface area (Å²) in [4.78, 5) is 27.7. The second kappa shape index (κ2) is 5.96. The van der Waals surface area contributed by atoms with Gasteiger partial charge in [-0.15, -0.1) is 0 Å². The van der Waals surface area contributed by atoms with Gasteiger partial charge in [0, 0.05) is 0 Å². The molecule has 0 spiro atoms. The second-order valence-electron chi connectivity index (χ2n) is 4.53. The molecule has 8 heteroatoms. The lowest BCUT2D eigenvalue weighted by Crippen LogP contribution is -2.43. The first-order valence-corrected chi connectivity index (χ1v) is 6.22. The number of carbonyl (C=O) groups is 1. The normalized spacial score (nSPS) is 11.6. The predicted molar refractivity (Wildman–Crippen MR) is 73.0 cm³/mol. The first-order chi connectivity index (χ1) is 9.93. The van der Waals surface area contributed by atoms with Crippen molar-refractivity contribution in [2.24, 2.45) is 5.73 Å². The Hall–Kier alpha value is -2.35. The molecule has 0 atom stereocenters. The zero-order valence-corrected chi connectivity index (χ0v) is 11.1. The van der Waals surface area contributed by atoms with Gasteiger partial charge in [0.1, 0.15) is 6.54 Å². The fourth-order valence-corrected chi connectivity index (χ4v) is 1.73. The Bertz CT molecular complexity index is 715. The summed E-state index contributed by atoms with van der Waals surface area (Å²) >= 11 is 0. The summed E-state index contributed by atoms with van der Waals surface area (Å²) in [5.41, 5.74) is 4.97. The fourth-order valence-electron chi connectivity index (χ4n) is 1.73. The Labute approximate surface area is 118 Å². The van der Waals surface area contributed by atoms with E-state index < -0.39 is 30.5 Å². The molecule has 0 unspecified atom stereocenters. The quantitative estimate of drug-likeness (QED) is 0.819. The van der Waals surface area contributed by atoms with E-state index in [-0.39, 0.29) is 6.54 Å².